The number of thiazole rings is 1. The Labute approximate surface area is 161 Å². The van der Waals surface area contributed by atoms with Crippen molar-refractivity contribution in [2.75, 3.05) is 0 Å². The summed E-state index contributed by atoms with van der Waals surface area (Å²) in [6.07, 6.45) is 3.57. The number of rotatable bonds is 3. The predicted molar refractivity (Wildman–Crippen MR) is 97.1 cm³/mol. The number of hydrogen-bond donors (Lipinski definition) is 2. The molecule has 3 N–H and O–H groups in total. The summed E-state index contributed by atoms with van der Waals surface area (Å²) in [5.74, 6) is -3.78. The number of hydrogen-bond acceptors (Lipinski definition) is 6. The molecule has 142 valence electrons. The molecule has 27 heavy (non-hydrogen) atoms. The van der Waals surface area contributed by atoms with E-state index in [1.54, 1.807) is 18.3 Å². The van der Waals surface area contributed by atoms with Crippen LogP contribution in [0.4, 0.5) is 8.78 Å². The Morgan fingerprint density at radius 3 is 3.07 bits per heavy atom. The zero-order valence-electron chi connectivity index (χ0n) is 13.9. The lowest BCUT2D eigenvalue weighted by Gasteiger charge is -2.36. The second-order valence-electron chi connectivity index (χ2n) is 6.35. The van der Waals surface area contributed by atoms with Crippen LogP contribution in [0.2, 0.25) is 4.34 Å². The highest BCUT2D eigenvalue weighted by atomic mass is 35.5. The number of imidazole rings is 1. The molecule has 2 atom stereocenters. The normalized spacial score (nSPS) is 22.1. The number of carbonyl (C=O) groups excluding carboxylic acids is 1. The molecule has 3 heterocycles. The molecule has 1 aliphatic rings. The van der Waals surface area contributed by atoms with Crippen LogP contribution < -0.4 is 11.1 Å². The molecular weight excluding hydrogens is 398 g/mol. The van der Waals surface area contributed by atoms with Crippen molar-refractivity contribution in [1.82, 2.24) is 24.9 Å². The Bertz CT molecular complexity index is 1010. The fourth-order valence-electron chi connectivity index (χ4n) is 3.17. The Kier molecular flexibility index (Phi) is 4.57. The summed E-state index contributed by atoms with van der Waals surface area (Å²) in [7, 11) is 0. The quantitative estimate of drug-likeness (QED) is 0.689. The number of nitrogens with two attached hydrogens (primary N) is 1. The molecule has 1 saturated carbocycles. The molecule has 1 amide bonds. The van der Waals surface area contributed by atoms with E-state index in [4.69, 9.17) is 17.3 Å². The van der Waals surface area contributed by atoms with Gasteiger partial charge < -0.3 is 11.1 Å². The average molecular weight is 413 g/mol. The van der Waals surface area contributed by atoms with Crippen molar-refractivity contribution in [1.29, 1.82) is 0 Å². The van der Waals surface area contributed by atoms with Crippen molar-refractivity contribution in [2.45, 2.75) is 37.3 Å². The Balaban J connectivity index is 1.62. The number of aromatic nitrogens is 4. The van der Waals surface area contributed by atoms with E-state index in [0.717, 1.165) is 11.3 Å². The van der Waals surface area contributed by atoms with Crippen molar-refractivity contribution in [3.8, 4) is 11.4 Å². The summed E-state index contributed by atoms with van der Waals surface area (Å²) >= 11 is 7.15. The van der Waals surface area contributed by atoms with Gasteiger partial charge in [-0.3, -0.25) is 4.79 Å². The SMILES string of the molecule is N[C@H]1CCCC(F)(F)[C@@H]1NC(=O)c1nc(-c2cnc3cccnn23)c(Cl)s1. The van der Waals surface area contributed by atoms with Crippen LogP contribution in [0.5, 0.6) is 0 Å². The third-order valence-corrected chi connectivity index (χ3v) is 5.77. The molecule has 0 radical (unpaired) electrons. The maximum Gasteiger partial charge on any atom is 0.280 e. The summed E-state index contributed by atoms with van der Waals surface area (Å²) in [4.78, 5) is 20.9. The first-order chi connectivity index (χ1) is 12.9. The largest absolute Gasteiger partial charge is 0.340 e. The Morgan fingerprint density at radius 2 is 2.30 bits per heavy atom. The van der Waals surface area contributed by atoms with Gasteiger partial charge in [0.2, 0.25) is 0 Å². The molecule has 0 saturated heterocycles. The topological polar surface area (TPSA) is 98.2 Å². The van der Waals surface area contributed by atoms with E-state index in [2.05, 4.69) is 20.4 Å². The van der Waals surface area contributed by atoms with Crippen LogP contribution in [-0.4, -0.2) is 43.5 Å². The molecule has 7 nitrogen and oxygen atoms in total. The van der Waals surface area contributed by atoms with Gasteiger partial charge in [0.15, 0.2) is 10.7 Å². The Hall–Kier alpha value is -2.17. The molecule has 11 heteroatoms. The molecule has 3 aromatic heterocycles. The summed E-state index contributed by atoms with van der Waals surface area (Å²) in [5, 5.41) is 6.50. The van der Waals surface area contributed by atoms with Crippen molar-refractivity contribution < 1.29 is 13.6 Å². The molecule has 0 unspecified atom stereocenters. The minimum atomic E-state index is -3.05. The second kappa shape index (κ2) is 6.77. The molecule has 1 aliphatic carbocycles. The van der Waals surface area contributed by atoms with Crippen LogP contribution in [-0.2, 0) is 0 Å². The highest BCUT2D eigenvalue weighted by Gasteiger charge is 2.46. The van der Waals surface area contributed by atoms with Gasteiger partial charge in [-0.1, -0.05) is 22.9 Å². The minimum Gasteiger partial charge on any atom is -0.340 e. The molecule has 4 rings (SSSR count). The maximum atomic E-state index is 14.1. The van der Waals surface area contributed by atoms with Crippen LogP contribution in [0.3, 0.4) is 0 Å². The number of halogens is 3. The van der Waals surface area contributed by atoms with Gasteiger partial charge in [0.05, 0.1) is 6.20 Å². The molecule has 0 aromatic carbocycles. The van der Waals surface area contributed by atoms with E-state index < -0.39 is 23.9 Å². The van der Waals surface area contributed by atoms with E-state index in [1.165, 1.54) is 10.7 Å². The van der Waals surface area contributed by atoms with Gasteiger partial charge in [-0.05, 0) is 25.0 Å². The molecule has 3 aromatic rings. The second-order valence-corrected chi connectivity index (χ2v) is 7.95. The number of nitrogens with one attached hydrogen (secondary N) is 1. The van der Waals surface area contributed by atoms with Gasteiger partial charge in [0, 0.05) is 18.7 Å². The summed E-state index contributed by atoms with van der Waals surface area (Å²) in [6.45, 7) is 0. The molecule has 0 bridgehead atoms. The van der Waals surface area contributed by atoms with Gasteiger partial charge in [-0.15, -0.1) is 0 Å². The summed E-state index contributed by atoms with van der Waals surface area (Å²) in [6, 6.07) is 1.26. The number of amides is 1. The highest BCUT2D eigenvalue weighted by molar-refractivity contribution is 7.18. The van der Waals surface area contributed by atoms with E-state index in [-0.39, 0.29) is 15.8 Å². The number of alkyl halides is 2. The smallest absolute Gasteiger partial charge is 0.280 e. The van der Waals surface area contributed by atoms with Crippen molar-refractivity contribution in [2.24, 2.45) is 5.73 Å². The first kappa shape index (κ1) is 18.2. The first-order valence-electron chi connectivity index (χ1n) is 8.26. The van der Waals surface area contributed by atoms with Crippen molar-refractivity contribution >= 4 is 34.5 Å². The summed E-state index contributed by atoms with van der Waals surface area (Å²) < 4.78 is 30.0. The van der Waals surface area contributed by atoms with Crippen LogP contribution in [0.25, 0.3) is 17.0 Å². The van der Waals surface area contributed by atoms with Crippen LogP contribution >= 0.6 is 22.9 Å². The lowest BCUT2D eigenvalue weighted by atomic mass is 9.87. The zero-order valence-corrected chi connectivity index (χ0v) is 15.5. The van der Waals surface area contributed by atoms with Crippen LogP contribution in [0.15, 0.2) is 24.5 Å². The number of carbonyl (C=O) groups is 1. The standard InChI is InChI=1S/C16H15ClF2N6OS/c17-13-11(9-7-21-10-4-2-6-22-25(9)10)23-15(27-13)14(26)24-12-8(20)3-1-5-16(12,18)19/h2,4,6-8,12H,1,3,5,20H2,(H,24,26)/t8-,12+/m0/s1. The van der Waals surface area contributed by atoms with Gasteiger partial charge in [0.1, 0.15) is 21.8 Å². The molecule has 1 fully saturated rings. The highest BCUT2D eigenvalue weighted by Crippen LogP contribution is 2.35. The fourth-order valence-corrected chi connectivity index (χ4v) is 4.24. The van der Waals surface area contributed by atoms with E-state index in [1.807, 2.05) is 0 Å². The first-order valence-corrected chi connectivity index (χ1v) is 9.46. The lowest BCUT2D eigenvalue weighted by Crippen LogP contribution is -2.59. The summed E-state index contributed by atoms with van der Waals surface area (Å²) in [5.41, 5.74) is 7.21. The maximum absolute atomic E-state index is 14.1. The van der Waals surface area contributed by atoms with Gasteiger partial charge >= 0.3 is 0 Å². The Morgan fingerprint density at radius 1 is 1.48 bits per heavy atom. The van der Waals surface area contributed by atoms with Crippen molar-refractivity contribution in [3.63, 3.8) is 0 Å². The fraction of sp³-hybridized carbons (Fsp3) is 0.375. The molecular formula is C16H15ClF2N6OS. The number of fused-ring (bicyclic) bond motifs is 1. The van der Waals surface area contributed by atoms with Crippen LogP contribution in [0, 0.1) is 0 Å². The predicted octanol–water partition coefficient (Wildman–Crippen LogP) is 2.75. The van der Waals surface area contributed by atoms with E-state index >= 15 is 0 Å². The molecule has 0 spiro atoms. The van der Waals surface area contributed by atoms with E-state index in [9.17, 15) is 13.6 Å². The van der Waals surface area contributed by atoms with Gasteiger partial charge in [-0.2, -0.15) is 5.10 Å². The van der Waals surface area contributed by atoms with Crippen molar-refractivity contribution in [3.05, 3.63) is 33.9 Å². The lowest BCUT2D eigenvalue weighted by molar-refractivity contribution is -0.0674. The number of nitrogens with zero attached hydrogens (tertiary/aromatic N) is 4. The third kappa shape index (κ3) is 3.28. The van der Waals surface area contributed by atoms with Gasteiger partial charge in [0.25, 0.3) is 11.8 Å². The third-order valence-electron chi connectivity index (χ3n) is 4.52. The zero-order chi connectivity index (χ0) is 19.2. The van der Waals surface area contributed by atoms with E-state index in [0.29, 0.717) is 29.9 Å². The monoisotopic (exact) mass is 412 g/mol. The molecule has 0 aliphatic heterocycles. The van der Waals surface area contributed by atoms with Gasteiger partial charge in [-0.25, -0.2) is 23.3 Å². The van der Waals surface area contributed by atoms with Crippen LogP contribution in [0.1, 0.15) is 29.1 Å². The average Bonchev–Trinajstić information content (AvgIpc) is 3.21. The minimum absolute atomic E-state index is 0.0190.